The van der Waals surface area contributed by atoms with Gasteiger partial charge in [-0.1, -0.05) is 48.5 Å². The van der Waals surface area contributed by atoms with Crippen LogP contribution in [0.2, 0.25) is 0 Å². The third kappa shape index (κ3) is 5.16. The molecule has 42 heavy (non-hydrogen) atoms. The maximum atomic E-state index is 14.7. The lowest BCUT2D eigenvalue weighted by molar-refractivity contribution is -0.278. The minimum atomic E-state index is -5.22. The van der Waals surface area contributed by atoms with Gasteiger partial charge in [0.15, 0.2) is 23.4 Å². The highest BCUT2D eigenvalue weighted by atomic mass is 19.4. The monoisotopic (exact) mass is 586 g/mol. The molecule has 0 bridgehead atoms. The fraction of sp³-hybridized carbons (Fsp3) is 0.290. The van der Waals surface area contributed by atoms with E-state index in [1.165, 1.54) is 58.8 Å². The molecule has 0 amide bonds. The van der Waals surface area contributed by atoms with Crippen LogP contribution in [0.5, 0.6) is 17.2 Å². The Morgan fingerprint density at radius 2 is 1.40 bits per heavy atom. The molecule has 4 rings (SSSR count). The Bertz CT molecular complexity index is 1470. The number of rotatable bonds is 10. The van der Waals surface area contributed by atoms with Gasteiger partial charge in [-0.3, -0.25) is 4.79 Å². The van der Waals surface area contributed by atoms with Gasteiger partial charge in [0.05, 0.1) is 39.9 Å². The van der Waals surface area contributed by atoms with Gasteiger partial charge in [0.2, 0.25) is 0 Å². The van der Waals surface area contributed by atoms with Crippen molar-refractivity contribution in [2.75, 3.05) is 35.5 Å². The van der Waals surface area contributed by atoms with Crippen LogP contribution in [0.15, 0.2) is 78.6 Å². The molecule has 222 valence electrons. The number of esters is 1. The number of carbonyl (C=O) groups excluding carboxylic acids is 2. The zero-order chi connectivity index (χ0) is 30.7. The highest BCUT2D eigenvalue weighted by molar-refractivity contribution is 6.27. The van der Waals surface area contributed by atoms with E-state index in [4.69, 9.17) is 28.4 Å². The van der Waals surface area contributed by atoms with Crippen molar-refractivity contribution in [2.24, 2.45) is 0 Å². The van der Waals surface area contributed by atoms with Crippen LogP contribution >= 0.6 is 0 Å². The van der Waals surface area contributed by atoms with Crippen molar-refractivity contribution in [3.8, 4) is 17.2 Å². The molecule has 8 nitrogen and oxygen atoms in total. The fourth-order valence-electron chi connectivity index (χ4n) is 5.05. The number of alkyl halides is 3. The predicted octanol–water partition coefficient (Wildman–Crippen LogP) is 5.45. The molecule has 0 spiro atoms. The molecular weight excluding hydrogens is 557 g/mol. The molecule has 3 aromatic rings. The number of methoxy groups -OCH3 is 5. The van der Waals surface area contributed by atoms with Crippen molar-refractivity contribution in [1.82, 2.24) is 0 Å². The number of hydrogen-bond acceptors (Lipinski definition) is 8. The Morgan fingerprint density at radius 1 is 0.762 bits per heavy atom. The van der Waals surface area contributed by atoms with E-state index in [2.05, 4.69) is 0 Å². The lowest BCUT2D eigenvalue weighted by Crippen LogP contribution is -2.53. The van der Waals surface area contributed by atoms with Crippen LogP contribution in [0.1, 0.15) is 22.6 Å². The number of Topliss-reactive ketones (excluding diaryl/α,β-unsaturated/α-hetero) is 1. The maximum absolute atomic E-state index is 14.7. The van der Waals surface area contributed by atoms with E-state index in [9.17, 15) is 22.8 Å². The van der Waals surface area contributed by atoms with Gasteiger partial charge in [-0.15, -0.1) is 0 Å². The first-order valence-corrected chi connectivity index (χ1v) is 12.6. The highest BCUT2D eigenvalue weighted by Crippen LogP contribution is 2.48. The van der Waals surface area contributed by atoms with Gasteiger partial charge in [-0.25, -0.2) is 4.79 Å². The normalized spacial score (nSPS) is 18.3. The Balaban J connectivity index is 1.90. The number of benzene rings is 3. The number of hydrogen-bond donors (Lipinski definition) is 0. The lowest BCUT2D eigenvalue weighted by atomic mass is 9.90. The van der Waals surface area contributed by atoms with Gasteiger partial charge >= 0.3 is 12.1 Å². The summed E-state index contributed by atoms with van der Waals surface area (Å²) in [4.78, 5) is 27.8. The van der Waals surface area contributed by atoms with E-state index >= 15 is 0 Å². The third-order valence-electron chi connectivity index (χ3n) is 7.11. The summed E-state index contributed by atoms with van der Waals surface area (Å²) in [5.41, 5.74) is -3.26. The van der Waals surface area contributed by atoms with E-state index in [0.29, 0.717) is 22.6 Å². The van der Waals surface area contributed by atoms with E-state index in [0.717, 1.165) is 19.2 Å². The van der Waals surface area contributed by atoms with Crippen molar-refractivity contribution in [2.45, 2.75) is 23.8 Å². The first kappa shape index (κ1) is 30.4. The average Bonchev–Trinajstić information content (AvgIpc) is 3.27. The van der Waals surface area contributed by atoms with Crippen LogP contribution in [0.25, 0.3) is 5.57 Å². The largest absolute Gasteiger partial charge is 0.497 e. The number of ketones is 1. The molecule has 0 saturated heterocycles. The molecule has 3 atom stereocenters. The summed E-state index contributed by atoms with van der Waals surface area (Å²) in [6.45, 7) is 0. The summed E-state index contributed by atoms with van der Waals surface area (Å²) >= 11 is 0. The Hall–Kier alpha value is -4.51. The van der Waals surface area contributed by atoms with Gasteiger partial charge in [0.25, 0.3) is 5.60 Å². The Kier molecular flexibility index (Phi) is 8.81. The standard InChI is InChI=1S/C31H29F3O8/c1-37-21-14-11-18(12-15-21)24-26(35)25(19-13-16-22(38-2)23(17-19)39-3)28(27(24)40-4)42-29(36)30(41-5,31(32,33)34)20-9-7-6-8-10-20/h6-17,25,28H,1-5H3/t25-,28-,30-/m0/s1. The number of ether oxygens (including phenoxy) is 6. The molecule has 0 N–H and O–H groups in total. The molecule has 0 fully saturated rings. The van der Waals surface area contributed by atoms with Crippen LogP contribution < -0.4 is 14.2 Å². The van der Waals surface area contributed by atoms with Gasteiger partial charge in [0.1, 0.15) is 11.5 Å². The van der Waals surface area contributed by atoms with Crippen LogP contribution in [-0.2, 0) is 29.4 Å². The van der Waals surface area contributed by atoms with E-state index in [1.54, 1.807) is 30.3 Å². The first-order valence-electron chi connectivity index (χ1n) is 12.6. The molecule has 0 unspecified atom stereocenters. The second-order valence-corrected chi connectivity index (χ2v) is 9.20. The van der Waals surface area contributed by atoms with E-state index < -0.39 is 41.1 Å². The summed E-state index contributed by atoms with van der Waals surface area (Å²) < 4.78 is 76.0. The van der Waals surface area contributed by atoms with Crippen LogP contribution in [-0.4, -0.2) is 59.6 Å². The molecule has 0 heterocycles. The van der Waals surface area contributed by atoms with Crippen LogP contribution in [0, 0.1) is 0 Å². The van der Waals surface area contributed by atoms with Crippen molar-refractivity contribution in [1.29, 1.82) is 0 Å². The number of allylic oxidation sites excluding steroid dienone is 1. The molecule has 1 aliphatic rings. The Labute approximate surface area is 240 Å². The fourth-order valence-corrected chi connectivity index (χ4v) is 5.05. The number of carbonyl (C=O) groups is 2. The minimum absolute atomic E-state index is 0.0347. The zero-order valence-electron chi connectivity index (χ0n) is 23.5. The molecule has 0 saturated carbocycles. The van der Waals surface area contributed by atoms with Gasteiger partial charge < -0.3 is 28.4 Å². The van der Waals surface area contributed by atoms with Crippen molar-refractivity contribution < 1.29 is 51.2 Å². The smallest absolute Gasteiger partial charge is 0.432 e. The molecule has 3 aromatic carbocycles. The molecular formula is C31H29F3O8. The van der Waals surface area contributed by atoms with Gasteiger partial charge in [-0.05, 0) is 35.4 Å². The second kappa shape index (κ2) is 12.2. The van der Waals surface area contributed by atoms with Gasteiger partial charge in [0, 0.05) is 12.7 Å². The van der Waals surface area contributed by atoms with Crippen molar-refractivity contribution in [3.63, 3.8) is 0 Å². The van der Waals surface area contributed by atoms with Crippen LogP contribution in [0.3, 0.4) is 0 Å². The summed E-state index contributed by atoms with van der Waals surface area (Å²) in [6.07, 6.45) is -6.82. The Morgan fingerprint density at radius 3 is 1.93 bits per heavy atom. The van der Waals surface area contributed by atoms with E-state index in [1.807, 2.05) is 0 Å². The van der Waals surface area contributed by atoms with Crippen molar-refractivity contribution in [3.05, 3.63) is 95.2 Å². The summed E-state index contributed by atoms with van der Waals surface area (Å²) in [5, 5.41) is 0. The predicted molar refractivity (Wildman–Crippen MR) is 145 cm³/mol. The SMILES string of the molecule is COC1=C(c2ccc(OC)cc2)C(=O)[C@H](c2ccc(OC)c(OC)c2)[C@@H]1OC(=O)[C@@](OC)(c1ccccc1)C(F)(F)F. The summed E-state index contributed by atoms with van der Waals surface area (Å²) in [7, 11) is 6.32. The zero-order valence-corrected chi connectivity index (χ0v) is 23.5. The topological polar surface area (TPSA) is 89.5 Å². The molecule has 1 aliphatic carbocycles. The minimum Gasteiger partial charge on any atom is -0.497 e. The first-order chi connectivity index (χ1) is 20.1. The quantitative estimate of drug-likeness (QED) is 0.290. The van der Waals surface area contributed by atoms with Gasteiger partial charge in [-0.2, -0.15) is 13.2 Å². The molecule has 0 aliphatic heterocycles. The van der Waals surface area contributed by atoms with Crippen molar-refractivity contribution >= 4 is 17.3 Å². The lowest BCUT2D eigenvalue weighted by Gasteiger charge is -2.34. The van der Waals surface area contributed by atoms with Crippen LogP contribution in [0.4, 0.5) is 13.2 Å². The molecule has 0 radical (unpaired) electrons. The summed E-state index contributed by atoms with van der Waals surface area (Å²) in [5.74, 6) is -2.60. The molecule has 0 aromatic heterocycles. The number of halogens is 3. The van der Waals surface area contributed by atoms with E-state index in [-0.39, 0.29) is 17.1 Å². The third-order valence-corrected chi connectivity index (χ3v) is 7.11. The maximum Gasteiger partial charge on any atom is 0.432 e. The summed E-state index contributed by atoms with van der Waals surface area (Å²) in [6, 6.07) is 17.4. The second-order valence-electron chi connectivity index (χ2n) is 9.20. The average molecular weight is 587 g/mol. The highest BCUT2D eigenvalue weighted by Gasteiger charge is 2.65. The molecule has 11 heteroatoms.